The normalized spacial score (nSPS) is 15.1. The third kappa shape index (κ3) is 6.12. The lowest BCUT2D eigenvalue weighted by Gasteiger charge is -2.17. The molecule has 4 rings (SSSR count). The minimum Gasteiger partial charge on any atom is -0.457 e. The van der Waals surface area contributed by atoms with Crippen LogP contribution in [0.3, 0.4) is 0 Å². The molecule has 1 saturated heterocycles. The van der Waals surface area contributed by atoms with Crippen LogP contribution in [0.4, 0.5) is 11.4 Å². The Morgan fingerprint density at radius 2 is 1.66 bits per heavy atom. The van der Waals surface area contributed by atoms with Crippen LogP contribution in [0.1, 0.15) is 12.0 Å². The Balaban J connectivity index is 1.30. The molecule has 3 aromatic carbocycles. The van der Waals surface area contributed by atoms with Gasteiger partial charge in [-0.3, -0.25) is 14.4 Å². The molecular formula is C26H22Cl2N2O5. The number of halogens is 2. The van der Waals surface area contributed by atoms with Crippen LogP contribution < -0.4 is 15.0 Å². The lowest BCUT2D eigenvalue weighted by Crippen LogP contribution is -2.28. The first-order valence-corrected chi connectivity index (χ1v) is 11.6. The van der Waals surface area contributed by atoms with Crippen molar-refractivity contribution in [3.05, 3.63) is 82.3 Å². The first kappa shape index (κ1) is 24.6. The molecule has 1 aliphatic rings. The van der Waals surface area contributed by atoms with Crippen molar-refractivity contribution >= 4 is 52.4 Å². The summed E-state index contributed by atoms with van der Waals surface area (Å²) < 4.78 is 10.9. The monoisotopic (exact) mass is 512 g/mol. The number of aryl methyl sites for hydroxylation is 1. The highest BCUT2D eigenvalue weighted by Gasteiger charge is 2.36. The number of anilines is 2. The average molecular weight is 513 g/mol. The standard InChI is InChI=1S/C26H22Cl2N2O5/c1-16-5-9-19(10-6-16)35-20-11-7-18(8-12-20)30-14-17(13-24(30)32)26(33)34-15-23(31)29-22-4-2-3-21(27)25(22)28/h2-12,17H,13-15H2,1H3,(H,29,31)/t17-/m1/s1. The van der Waals surface area contributed by atoms with Gasteiger partial charge in [0.2, 0.25) is 5.91 Å². The number of nitrogens with one attached hydrogen (secondary N) is 1. The molecule has 0 spiro atoms. The molecule has 0 unspecified atom stereocenters. The van der Waals surface area contributed by atoms with Gasteiger partial charge in [0, 0.05) is 18.7 Å². The van der Waals surface area contributed by atoms with E-state index >= 15 is 0 Å². The number of nitrogens with zero attached hydrogens (tertiary/aromatic N) is 1. The van der Waals surface area contributed by atoms with Gasteiger partial charge < -0.3 is 19.7 Å². The molecule has 0 aliphatic carbocycles. The van der Waals surface area contributed by atoms with Gasteiger partial charge in [-0.2, -0.15) is 0 Å². The molecule has 7 nitrogen and oxygen atoms in total. The Bertz CT molecular complexity index is 1250. The van der Waals surface area contributed by atoms with E-state index in [2.05, 4.69) is 5.32 Å². The second kappa shape index (κ2) is 10.8. The molecular weight excluding hydrogens is 491 g/mol. The highest BCUT2D eigenvalue weighted by atomic mass is 35.5. The Kier molecular flexibility index (Phi) is 7.58. The summed E-state index contributed by atoms with van der Waals surface area (Å²) in [7, 11) is 0. The molecule has 3 aromatic rings. The molecule has 1 heterocycles. The maximum absolute atomic E-state index is 12.5. The molecule has 180 valence electrons. The molecule has 1 N–H and O–H groups in total. The predicted octanol–water partition coefficient (Wildman–Crippen LogP) is 5.63. The van der Waals surface area contributed by atoms with Gasteiger partial charge in [-0.05, 0) is 55.5 Å². The van der Waals surface area contributed by atoms with Gasteiger partial charge in [-0.1, -0.05) is 47.0 Å². The third-order valence-electron chi connectivity index (χ3n) is 5.43. The number of esters is 1. The van der Waals surface area contributed by atoms with E-state index in [-0.39, 0.29) is 23.9 Å². The Hall–Kier alpha value is -3.55. The smallest absolute Gasteiger partial charge is 0.311 e. The molecule has 35 heavy (non-hydrogen) atoms. The molecule has 0 saturated carbocycles. The quantitative estimate of drug-likeness (QED) is 0.414. The van der Waals surface area contributed by atoms with Gasteiger partial charge in [0.1, 0.15) is 11.5 Å². The minimum atomic E-state index is -0.673. The van der Waals surface area contributed by atoms with Crippen molar-refractivity contribution < 1.29 is 23.9 Å². The molecule has 2 amide bonds. The van der Waals surface area contributed by atoms with Crippen molar-refractivity contribution in [1.82, 2.24) is 0 Å². The summed E-state index contributed by atoms with van der Waals surface area (Å²) in [5.74, 6) is -0.709. The zero-order valence-corrected chi connectivity index (χ0v) is 20.3. The number of carbonyl (C=O) groups is 3. The van der Waals surface area contributed by atoms with Crippen LogP contribution in [-0.2, 0) is 19.1 Å². The molecule has 0 bridgehead atoms. The number of hydrogen-bond donors (Lipinski definition) is 1. The van der Waals surface area contributed by atoms with Crippen LogP contribution in [0.25, 0.3) is 0 Å². The summed E-state index contributed by atoms with van der Waals surface area (Å²) in [6, 6.07) is 19.5. The number of carbonyl (C=O) groups excluding carboxylic acids is 3. The zero-order chi connectivity index (χ0) is 24.9. The van der Waals surface area contributed by atoms with Gasteiger partial charge in [0.05, 0.1) is 21.7 Å². The topological polar surface area (TPSA) is 84.9 Å². The number of benzene rings is 3. The summed E-state index contributed by atoms with van der Waals surface area (Å²) in [5, 5.41) is 3.03. The van der Waals surface area contributed by atoms with Gasteiger partial charge in [-0.25, -0.2) is 0 Å². The second-order valence-corrected chi connectivity index (χ2v) is 8.86. The van der Waals surface area contributed by atoms with Crippen LogP contribution in [0.15, 0.2) is 66.7 Å². The fraction of sp³-hybridized carbons (Fsp3) is 0.192. The average Bonchev–Trinajstić information content (AvgIpc) is 3.24. The molecule has 1 atom stereocenters. The lowest BCUT2D eigenvalue weighted by atomic mass is 10.1. The number of amides is 2. The van der Waals surface area contributed by atoms with Gasteiger partial charge in [-0.15, -0.1) is 0 Å². The number of rotatable bonds is 7. The van der Waals surface area contributed by atoms with Crippen molar-refractivity contribution in [3.63, 3.8) is 0 Å². The summed E-state index contributed by atoms with van der Waals surface area (Å²) in [4.78, 5) is 38.7. The predicted molar refractivity (Wildman–Crippen MR) is 134 cm³/mol. The minimum absolute atomic E-state index is 0.00217. The van der Waals surface area contributed by atoms with Gasteiger partial charge in [0.25, 0.3) is 5.91 Å². The van der Waals surface area contributed by atoms with E-state index in [9.17, 15) is 14.4 Å². The Labute approximate surface area is 212 Å². The summed E-state index contributed by atoms with van der Waals surface area (Å²) in [5.41, 5.74) is 2.10. The fourth-order valence-electron chi connectivity index (χ4n) is 3.59. The van der Waals surface area contributed by atoms with Crippen molar-refractivity contribution in [1.29, 1.82) is 0 Å². The second-order valence-electron chi connectivity index (χ2n) is 8.07. The van der Waals surface area contributed by atoms with Crippen LogP contribution >= 0.6 is 23.2 Å². The van der Waals surface area contributed by atoms with Crippen LogP contribution in [0.2, 0.25) is 10.0 Å². The Morgan fingerprint density at radius 1 is 1.00 bits per heavy atom. The van der Waals surface area contributed by atoms with E-state index in [1.165, 1.54) is 4.90 Å². The summed E-state index contributed by atoms with van der Waals surface area (Å²) >= 11 is 12.0. The van der Waals surface area contributed by atoms with E-state index in [1.54, 1.807) is 42.5 Å². The maximum atomic E-state index is 12.5. The van der Waals surface area contributed by atoms with Crippen molar-refractivity contribution in [2.24, 2.45) is 5.92 Å². The first-order valence-electron chi connectivity index (χ1n) is 10.9. The highest BCUT2D eigenvalue weighted by molar-refractivity contribution is 6.44. The van der Waals surface area contributed by atoms with Crippen molar-refractivity contribution in [3.8, 4) is 11.5 Å². The molecule has 1 fully saturated rings. The molecule has 9 heteroatoms. The zero-order valence-electron chi connectivity index (χ0n) is 18.8. The van der Waals surface area contributed by atoms with E-state index in [1.807, 2.05) is 31.2 Å². The van der Waals surface area contributed by atoms with E-state index < -0.39 is 24.4 Å². The summed E-state index contributed by atoms with van der Waals surface area (Å²) in [6.07, 6.45) is 0.00217. The molecule has 0 aromatic heterocycles. The van der Waals surface area contributed by atoms with E-state index in [0.717, 1.165) is 5.56 Å². The maximum Gasteiger partial charge on any atom is 0.311 e. The molecule has 0 radical (unpaired) electrons. The summed E-state index contributed by atoms with van der Waals surface area (Å²) in [6.45, 7) is 1.66. The van der Waals surface area contributed by atoms with E-state index in [4.69, 9.17) is 32.7 Å². The lowest BCUT2D eigenvalue weighted by molar-refractivity contribution is -0.151. The van der Waals surface area contributed by atoms with E-state index in [0.29, 0.717) is 27.9 Å². The fourth-order valence-corrected chi connectivity index (χ4v) is 3.94. The van der Waals surface area contributed by atoms with Crippen LogP contribution in [-0.4, -0.2) is 30.9 Å². The van der Waals surface area contributed by atoms with Crippen molar-refractivity contribution in [2.45, 2.75) is 13.3 Å². The highest BCUT2D eigenvalue weighted by Crippen LogP contribution is 2.30. The SMILES string of the molecule is Cc1ccc(Oc2ccc(N3C[C@H](C(=O)OCC(=O)Nc4cccc(Cl)c4Cl)CC3=O)cc2)cc1. The van der Waals surface area contributed by atoms with Crippen LogP contribution in [0.5, 0.6) is 11.5 Å². The Morgan fingerprint density at radius 3 is 2.34 bits per heavy atom. The largest absolute Gasteiger partial charge is 0.457 e. The molecule has 1 aliphatic heterocycles. The van der Waals surface area contributed by atoms with Gasteiger partial charge >= 0.3 is 5.97 Å². The number of ether oxygens (including phenoxy) is 2. The van der Waals surface area contributed by atoms with Crippen LogP contribution in [0, 0.1) is 12.8 Å². The first-order chi connectivity index (χ1) is 16.8. The van der Waals surface area contributed by atoms with Crippen molar-refractivity contribution in [2.75, 3.05) is 23.4 Å². The van der Waals surface area contributed by atoms with Gasteiger partial charge in [0.15, 0.2) is 6.61 Å². The number of hydrogen-bond acceptors (Lipinski definition) is 5. The third-order valence-corrected chi connectivity index (χ3v) is 6.25.